The van der Waals surface area contributed by atoms with Crippen molar-refractivity contribution in [2.45, 2.75) is 0 Å². The lowest BCUT2D eigenvalue weighted by molar-refractivity contribution is 0.335. The maximum absolute atomic E-state index is 10.7. The lowest BCUT2D eigenvalue weighted by Gasteiger charge is -1.93. The van der Waals surface area contributed by atoms with Crippen molar-refractivity contribution >= 4 is 0 Å². The molecule has 3 heteroatoms. The number of allylic oxidation sites excluding steroid dienone is 24. The first kappa shape index (κ1) is 27.0. The molecule has 1 N–H and O–H groups in total. The van der Waals surface area contributed by atoms with Crippen molar-refractivity contribution < 1.29 is 5.11 Å². The molecule has 1 aliphatic carbocycles. The van der Waals surface area contributed by atoms with Crippen molar-refractivity contribution in [3.8, 4) is 0 Å². The van der Waals surface area contributed by atoms with Gasteiger partial charge in [-0.2, -0.15) is 4.91 Å². The molecule has 33 heavy (non-hydrogen) atoms. The third-order valence-corrected chi connectivity index (χ3v) is 3.89. The van der Waals surface area contributed by atoms with Crippen LogP contribution in [0.5, 0.6) is 0 Å². The van der Waals surface area contributed by atoms with E-state index in [1.807, 2.05) is 158 Å². The molecule has 0 aliphatic heterocycles. The number of rotatable bonds is 3. The van der Waals surface area contributed by atoms with E-state index in [0.717, 1.165) is 11.1 Å². The first-order chi connectivity index (χ1) is 16.4. The normalized spacial score (nSPS) is 28.2. The summed E-state index contributed by atoms with van der Waals surface area (Å²) in [7, 11) is 0. The standard InChI is InChI=1S/C30H31NO2/c32-28-30-25-20-17-15-13-11-9-7-5-3-1-2-4-6-8-10-12-14-16-19-23-29(27-31-33)24-21-18-22-26-30/h1-26,32H,27-28H2/b2-1+,3-1?,4-2?,5-3-,6-4-,7-5?,8-6?,9-7-,10-8+,11-9?,12-10?,13-11-,14-12-,15-13?,16-14?,17-15+,19-16+,20-17?,21-18?,22-18-,23-19?,24-21?,25-20-,26-22?,29-23?,29-24?,30-25?,30-26+. The average Bonchev–Trinajstić information content (AvgIpc) is 2.82. The molecule has 0 heterocycles. The Labute approximate surface area is 197 Å². The van der Waals surface area contributed by atoms with E-state index in [4.69, 9.17) is 0 Å². The second-order valence-corrected chi connectivity index (χ2v) is 6.50. The summed E-state index contributed by atoms with van der Waals surface area (Å²) in [5.41, 5.74) is 1.58. The first-order valence-electron chi connectivity index (χ1n) is 10.7. The molecular weight excluding hydrogens is 406 g/mol. The van der Waals surface area contributed by atoms with Crippen LogP contribution in [0.2, 0.25) is 0 Å². The quantitative estimate of drug-likeness (QED) is 0.471. The summed E-state index contributed by atoms with van der Waals surface area (Å²) >= 11 is 0. The van der Waals surface area contributed by atoms with Gasteiger partial charge in [0, 0.05) is 0 Å². The van der Waals surface area contributed by atoms with Crippen molar-refractivity contribution in [3.63, 3.8) is 0 Å². The summed E-state index contributed by atoms with van der Waals surface area (Å²) in [5, 5.41) is 12.4. The molecule has 0 saturated heterocycles. The fourth-order valence-corrected chi connectivity index (χ4v) is 2.27. The van der Waals surface area contributed by atoms with Gasteiger partial charge in [0.15, 0.2) is 0 Å². The molecule has 0 aromatic heterocycles. The van der Waals surface area contributed by atoms with Gasteiger partial charge in [-0.1, -0.05) is 163 Å². The van der Waals surface area contributed by atoms with E-state index in [0.29, 0.717) is 0 Å². The Morgan fingerprint density at radius 1 is 0.455 bits per heavy atom. The molecule has 3 nitrogen and oxygen atoms in total. The number of nitrogens with zero attached hydrogens (tertiary/aromatic N) is 1. The molecule has 0 radical (unpaired) electrons. The summed E-state index contributed by atoms with van der Waals surface area (Å²) in [6.45, 7) is 0.0457. The summed E-state index contributed by atoms with van der Waals surface area (Å²) in [4.78, 5) is 10.7. The van der Waals surface area contributed by atoms with Gasteiger partial charge in [0.25, 0.3) is 0 Å². The second kappa shape index (κ2) is 21.2. The van der Waals surface area contributed by atoms with Gasteiger partial charge in [0.1, 0.15) is 6.54 Å². The van der Waals surface area contributed by atoms with Gasteiger partial charge in [-0.05, 0) is 11.1 Å². The lowest BCUT2D eigenvalue weighted by Crippen LogP contribution is -1.84. The molecule has 168 valence electrons. The van der Waals surface area contributed by atoms with E-state index in [2.05, 4.69) is 5.18 Å². The van der Waals surface area contributed by atoms with Crippen LogP contribution in [0.15, 0.2) is 174 Å². The minimum absolute atomic E-state index is 0.0543. The molecule has 0 atom stereocenters. The molecule has 0 aromatic rings. The van der Waals surface area contributed by atoms with E-state index in [1.165, 1.54) is 0 Å². The zero-order chi connectivity index (χ0) is 23.7. The van der Waals surface area contributed by atoms with Gasteiger partial charge in [-0.25, -0.2) is 0 Å². The topological polar surface area (TPSA) is 49.7 Å². The number of aliphatic hydroxyl groups excluding tert-OH is 1. The molecule has 0 aromatic carbocycles. The molecule has 1 aliphatic rings. The van der Waals surface area contributed by atoms with Gasteiger partial charge in [0.2, 0.25) is 0 Å². The van der Waals surface area contributed by atoms with Crippen LogP contribution in [0, 0.1) is 4.91 Å². The zero-order valence-electron chi connectivity index (χ0n) is 18.7. The maximum Gasteiger partial charge on any atom is 0.106 e. The third-order valence-electron chi connectivity index (χ3n) is 3.89. The molecule has 0 bridgehead atoms. The molecule has 0 fully saturated rings. The fraction of sp³-hybridized carbons (Fsp3) is 0.0667. The molecular formula is C30H31NO2. The largest absolute Gasteiger partial charge is 0.392 e. The minimum atomic E-state index is -0.0543. The van der Waals surface area contributed by atoms with Crippen LogP contribution in [0.25, 0.3) is 0 Å². The minimum Gasteiger partial charge on any atom is -0.392 e. The number of hydrogen-bond donors (Lipinski definition) is 1. The summed E-state index contributed by atoms with van der Waals surface area (Å²) in [6, 6.07) is 0. The van der Waals surface area contributed by atoms with Crippen molar-refractivity contribution in [3.05, 3.63) is 174 Å². The highest BCUT2D eigenvalue weighted by atomic mass is 16.3. The molecule has 0 spiro atoms. The van der Waals surface area contributed by atoms with Crippen LogP contribution in [-0.4, -0.2) is 18.3 Å². The highest BCUT2D eigenvalue weighted by Crippen LogP contribution is 2.01. The second-order valence-electron chi connectivity index (χ2n) is 6.50. The SMILES string of the molecule is O=NCC1=C/C=C/C=C\C=C\C=C/C=C/C=C\C=C/C=C\C=C\C=C/C(CO)=C\C=C/C=C1. The Hall–Kier alpha value is -4.08. The van der Waals surface area contributed by atoms with E-state index in [-0.39, 0.29) is 13.2 Å². The van der Waals surface area contributed by atoms with Crippen molar-refractivity contribution in [1.29, 1.82) is 0 Å². The van der Waals surface area contributed by atoms with E-state index in [9.17, 15) is 10.0 Å². The number of hydrogen-bond acceptors (Lipinski definition) is 3. The summed E-state index contributed by atoms with van der Waals surface area (Å²) in [5.74, 6) is 0. The van der Waals surface area contributed by atoms with Crippen LogP contribution >= 0.6 is 0 Å². The van der Waals surface area contributed by atoms with Crippen LogP contribution < -0.4 is 0 Å². The Balaban J connectivity index is 2.97. The summed E-state index contributed by atoms with van der Waals surface area (Å²) in [6.07, 6.45) is 49.6. The van der Waals surface area contributed by atoms with Crippen LogP contribution in [-0.2, 0) is 0 Å². The Bertz CT molecular complexity index is 982. The van der Waals surface area contributed by atoms with Crippen molar-refractivity contribution in [1.82, 2.24) is 0 Å². The van der Waals surface area contributed by atoms with Gasteiger partial charge in [-0.15, -0.1) is 0 Å². The predicted octanol–water partition coefficient (Wildman–Crippen LogP) is 7.29. The van der Waals surface area contributed by atoms with E-state index >= 15 is 0 Å². The first-order valence-corrected chi connectivity index (χ1v) is 10.7. The Kier molecular flexibility index (Phi) is 17.3. The predicted molar refractivity (Wildman–Crippen MR) is 144 cm³/mol. The monoisotopic (exact) mass is 437 g/mol. The average molecular weight is 438 g/mol. The third kappa shape index (κ3) is 17.3. The fourth-order valence-electron chi connectivity index (χ4n) is 2.27. The van der Waals surface area contributed by atoms with Crippen LogP contribution in [0.3, 0.4) is 0 Å². The number of nitroso groups, excluding NO2 is 1. The van der Waals surface area contributed by atoms with Crippen molar-refractivity contribution in [2.24, 2.45) is 5.18 Å². The number of aliphatic hydroxyl groups is 1. The Morgan fingerprint density at radius 2 is 0.758 bits per heavy atom. The van der Waals surface area contributed by atoms with Gasteiger partial charge in [-0.3, -0.25) is 0 Å². The van der Waals surface area contributed by atoms with Gasteiger partial charge >= 0.3 is 0 Å². The molecule has 0 unspecified atom stereocenters. The van der Waals surface area contributed by atoms with Gasteiger partial charge in [0.05, 0.1) is 6.61 Å². The van der Waals surface area contributed by atoms with Crippen LogP contribution in [0.1, 0.15) is 0 Å². The Morgan fingerprint density at radius 3 is 1.15 bits per heavy atom. The van der Waals surface area contributed by atoms with Crippen molar-refractivity contribution in [2.75, 3.05) is 13.2 Å². The lowest BCUT2D eigenvalue weighted by atomic mass is 10.2. The molecule has 0 amide bonds. The molecule has 1 rings (SSSR count). The van der Waals surface area contributed by atoms with Gasteiger partial charge < -0.3 is 5.11 Å². The highest BCUT2D eigenvalue weighted by Gasteiger charge is 1.89. The van der Waals surface area contributed by atoms with E-state index < -0.39 is 0 Å². The summed E-state index contributed by atoms with van der Waals surface area (Å²) < 4.78 is 0. The highest BCUT2D eigenvalue weighted by molar-refractivity contribution is 5.32. The smallest absolute Gasteiger partial charge is 0.106 e. The van der Waals surface area contributed by atoms with E-state index in [1.54, 1.807) is 0 Å². The van der Waals surface area contributed by atoms with Crippen LogP contribution in [0.4, 0.5) is 0 Å². The maximum atomic E-state index is 10.7. The molecule has 0 saturated carbocycles. The zero-order valence-corrected chi connectivity index (χ0v) is 18.7.